The van der Waals surface area contributed by atoms with E-state index in [9.17, 15) is 9.59 Å². The van der Waals surface area contributed by atoms with Gasteiger partial charge in [0.1, 0.15) is 12.1 Å². The molecule has 0 spiro atoms. The second-order valence-electron chi connectivity index (χ2n) is 7.04. The quantitative estimate of drug-likeness (QED) is 0.399. The van der Waals surface area contributed by atoms with Crippen molar-refractivity contribution in [2.24, 2.45) is 0 Å². The summed E-state index contributed by atoms with van der Waals surface area (Å²) in [5, 5.41) is 12.1. The maximum absolute atomic E-state index is 12.1. The third-order valence-electron chi connectivity index (χ3n) is 4.66. The number of nitrogens with zero attached hydrogens (tertiary/aromatic N) is 6. The van der Waals surface area contributed by atoms with Gasteiger partial charge in [0.2, 0.25) is 0 Å². The Labute approximate surface area is 177 Å². The summed E-state index contributed by atoms with van der Waals surface area (Å²) in [6, 6.07) is 7.71. The van der Waals surface area contributed by atoms with Crippen LogP contribution in [0, 0.1) is 20.8 Å². The molecule has 1 aromatic carbocycles. The highest BCUT2D eigenvalue weighted by molar-refractivity contribution is 6.37. The summed E-state index contributed by atoms with van der Waals surface area (Å²) in [5.74, 6) is -1.15. The van der Waals surface area contributed by atoms with Crippen molar-refractivity contribution in [2.75, 3.05) is 11.9 Å². The molecule has 10 nitrogen and oxygen atoms in total. The van der Waals surface area contributed by atoms with Crippen LogP contribution < -0.4 is 5.32 Å². The van der Waals surface area contributed by atoms with Crippen molar-refractivity contribution in [3.8, 4) is 11.5 Å². The van der Waals surface area contributed by atoms with E-state index in [1.54, 1.807) is 30.8 Å². The molecule has 3 heterocycles. The smallest absolute Gasteiger partial charge is 0.397 e. The standard InChI is InChI=1S/C21H21N7O3/c1-5-31-21(30)20(29)25-17-9-14(4)26-28(17)19-15-10-24-27(18(15)22-11-23-19)16-7-6-12(2)8-13(16)3/h6-11H,5H2,1-4H3,(H,25,29). The summed E-state index contributed by atoms with van der Waals surface area (Å²) in [6.07, 6.45) is 3.06. The van der Waals surface area contributed by atoms with Crippen LogP contribution in [0.5, 0.6) is 0 Å². The third kappa shape index (κ3) is 3.75. The van der Waals surface area contributed by atoms with Crippen LogP contribution in [0.15, 0.2) is 36.8 Å². The van der Waals surface area contributed by atoms with E-state index in [2.05, 4.69) is 31.5 Å². The van der Waals surface area contributed by atoms with Crippen LogP contribution >= 0.6 is 0 Å². The second-order valence-corrected chi connectivity index (χ2v) is 7.04. The van der Waals surface area contributed by atoms with Crippen LogP contribution in [0.4, 0.5) is 5.82 Å². The van der Waals surface area contributed by atoms with Crippen molar-refractivity contribution < 1.29 is 14.3 Å². The first-order chi connectivity index (χ1) is 14.9. The number of ether oxygens (including phenoxy) is 1. The van der Waals surface area contributed by atoms with Crippen LogP contribution in [0.25, 0.3) is 22.5 Å². The zero-order valence-corrected chi connectivity index (χ0v) is 17.6. The molecule has 0 saturated carbocycles. The van der Waals surface area contributed by atoms with E-state index in [0.717, 1.165) is 16.8 Å². The van der Waals surface area contributed by atoms with Crippen LogP contribution in [0.1, 0.15) is 23.7 Å². The Morgan fingerprint density at radius 2 is 1.90 bits per heavy atom. The van der Waals surface area contributed by atoms with Crippen LogP contribution in [-0.4, -0.2) is 48.0 Å². The average molecular weight is 419 g/mol. The van der Waals surface area contributed by atoms with E-state index in [0.29, 0.717) is 22.5 Å². The summed E-state index contributed by atoms with van der Waals surface area (Å²) in [4.78, 5) is 32.6. The molecule has 0 fully saturated rings. The van der Waals surface area contributed by atoms with Gasteiger partial charge in [-0.15, -0.1) is 0 Å². The number of benzene rings is 1. The van der Waals surface area contributed by atoms with Gasteiger partial charge >= 0.3 is 11.9 Å². The highest BCUT2D eigenvalue weighted by Gasteiger charge is 2.21. The fourth-order valence-electron chi connectivity index (χ4n) is 3.33. The second kappa shape index (κ2) is 7.98. The average Bonchev–Trinajstić information content (AvgIpc) is 3.31. The topological polar surface area (TPSA) is 117 Å². The van der Waals surface area contributed by atoms with Gasteiger partial charge in [0, 0.05) is 6.07 Å². The number of hydrogen-bond donors (Lipinski definition) is 1. The Morgan fingerprint density at radius 1 is 1.10 bits per heavy atom. The van der Waals surface area contributed by atoms with Gasteiger partial charge in [0.05, 0.1) is 29.6 Å². The number of hydrogen-bond acceptors (Lipinski definition) is 7. The highest BCUT2D eigenvalue weighted by Crippen LogP contribution is 2.25. The molecule has 0 aliphatic heterocycles. The summed E-state index contributed by atoms with van der Waals surface area (Å²) in [7, 11) is 0. The molecule has 10 heteroatoms. The molecule has 0 saturated heterocycles. The minimum Gasteiger partial charge on any atom is -0.459 e. The van der Waals surface area contributed by atoms with Crippen LogP contribution in [-0.2, 0) is 14.3 Å². The van der Waals surface area contributed by atoms with Gasteiger partial charge in [-0.25, -0.2) is 19.4 Å². The van der Waals surface area contributed by atoms with Gasteiger partial charge in [-0.05, 0) is 39.3 Å². The van der Waals surface area contributed by atoms with Crippen molar-refractivity contribution in [1.82, 2.24) is 29.5 Å². The molecular formula is C21H21N7O3. The largest absolute Gasteiger partial charge is 0.459 e. The molecule has 4 aromatic rings. The molecular weight excluding hydrogens is 398 g/mol. The summed E-state index contributed by atoms with van der Waals surface area (Å²) < 4.78 is 7.94. The zero-order valence-electron chi connectivity index (χ0n) is 17.6. The normalized spacial score (nSPS) is 11.0. The van der Waals surface area contributed by atoms with Crippen molar-refractivity contribution in [3.05, 3.63) is 53.6 Å². The van der Waals surface area contributed by atoms with E-state index < -0.39 is 11.9 Å². The Hall–Kier alpha value is -4.08. The number of carbonyl (C=O) groups excluding carboxylic acids is 2. The molecule has 1 N–H and O–H groups in total. The van der Waals surface area contributed by atoms with E-state index in [-0.39, 0.29) is 12.4 Å². The lowest BCUT2D eigenvalue weighted by Crippen LogP contribution is -2.26. The monoisotopic (exact) mass is 419 g/mol. The van der Waals surface area contributed by atoms with Crippen molar-refractivity contribution in [2.45, 2.75) is 27.7 Å². The van der Waals surface area contributed by atoms with Gasteiger partial charge in [0.25, 0.3) is 0 Å². The lowest BCUT2D eigenvalue weighted by Gasteiger charge is -2.10. The van der Waals surface area contributed by atoms with E-state index >= 15 is 0 Å². The molecule has 0 aliphatic carbocycles. The van der Waals surface area contributed by atoms with Crippen molar-refractivity contribution in [3.63, 3.8) is 0 Å². The van der Waals surface area contributed by atoms with E-state index in [1.165, 1.54) is 11.0 Å². The minimum atomic E-state index is -0.969. The zero-order chi connectivity index (χ0) is 22.1. The Bertz CT molecular complexity index is 1310. The number of fused-ring (bicyclic) bond motifs is 1. The lowest BCUT2D eigenvalue weighted by atomic mass is 10.1. The fraction of sp³-hybridized carbons (Fsp3) is 0.238. The first-order valence-electron chi connectivity index (χ1n) is 9.70. The van der Waals surface area contributed by atoms with E-state index in [4.69, 9.17) is 4.74 Å². The maximum atomic E-state index is 12.1. The Balaban J connectivity index is 1.79. The number of anilines is 1. The lowest BCUT2D eigenvalue weighted by molar-refractivity contribution is -0.152. The molecule has 0 unspecified atom stereocenters. The maximum Gasteiger partial charge on any atom is 0.397 e. The molecule has 0 aliphatic rings. The summed E-state index contributed by atoms with van der Waals surface area (Å²) in [5.41, 5.74) is 4.34. The molecule has 3 aromatic heterocycles. The number of nitrogens with one attached hydrogen (secondary N) is 1. The van der Waals surface area contributed by atoms with Crippen molar-refractivity contribution in [1.29, 1.82) is 0 Å². The number of amides is 1. The van der Waals surface area contributed by atoms with Gasteiger partial charge < -0.3 is 10.1 Å². The SMILES string of the molecule is CCOC(=O)C(=O)Nc1cc(C)nn1-c1ncnc2c1cnn2-c1ccc(C)cc1C. The number of rotatable bonds is 4. The summed E-state index contributed by atoms with van der Waals surface area (Å²) >= 11 is 0. The predicted molar refractivity (Wildman–Crippen MR) is 113 cm³/mol. The third-order valence-corrected chi connectivity index (χ3v) is 4.66. The van der Waals surface area contributed by atoms with Gasteiger partial charge in [0.15, 0.2) is 11.5 Å². The molecule has 4 rings (SSSR count). The number of aryl methyl sites for hydroxylation is 3. The number of esters is 1. The minimum absolute atomic E-state index is 0.106. The Kier molecular flexibility index (Phi) is 5.20. The molecule has 0 radical (unpaired) electrons. The number of aromatic nitrogens is 6. The van der Waals surface area contributed by atoms with Crippen LogP contribution in [0.3, 0.4) is 0 Å². The van der Waals surface area contributed by atoms with E-state index in [1.807, 2.05) is 26.0 Å². The van der Waals surface area contributed by atoms with Gasteiger partial charge in [-0.1, -0.05) is 17.7 Å². The summed E-state index contributed by atoms with van der Waals surface area (Å²) in [6.45, 7) is 7.55. The first kappa shape index (κ1) is 20.2. The van der Waals surface area contributed by atoms with Gasteiger partial charge in [-0.2, -0.15) is 14.9 Å². The van der Waals surface area contributed by atoms with Crippen LogP contribution in [0.2, 0.25) is 0 Å². The highest BCUT2D eigenvalue weighted by atomic mass is 16.5. The fourth-order valence-corrected chi connectivity index (χ4v) is 3.33. The number of carbonyl (C=O) groups is 2. The van der Waals surface area contributed by atoms with Gasteiger partial charge in [-0.3, -0.25) is 4.79 Å². The Morgan fingerprint density at radius 3 is 2.65 bits per heavy atom. The molecule has 0 atom stereocenters. The molecule has 158 valence electrons. The first-order valence-corrected chi connectivity index (χ1v) is 9.70. The molecule has 0 bridgehead atoms. The molecule has 1 amide bonds. The predicted octanol–water partition coefficient (Wildman–Crippen LogP) is 2.43. The molecule has 31 heavy (non-hydrogen) atoms. The van der Waals surface area contributed by atoms with Crippen molar-refractivity contribution >= 4 is 28.7 Å².